The fourth-order valence-electron chi connectivity index (χ4n) is 1.75. The Labute approximate surface area is 109 Å². The number of nitrogens with zero attached hydrogens (tertiary/aromatic N) is 1. The molecule has 4 heteroatoms. The van der Waals surface area contributed by atoms with Crippen LogP contribution in [0.4, 0.5) is 4.79 Å². The van der Waals surface area contributed by atoms with Crippen molar-refractivity contribution < 1.29 is 4.79 Å². The Kier molecular flexibility index (Phi) is 6.87. The number of benzene rings is 1. The monoisotopic (exact) mass is 249 g/mol. The lowest BCUT2D eigenvalue weighted by molar-refractivity contribution is 0.240. The topological polar surface area (TPSA) is 44.4 Å². The van der Waals surface area contributed by atoms with Crippen molar-refractivity contribution in [2.24, 2.45) is 0 Å². The largest absolute Gasteiger partial charge is 0.338 e. The zero-order chi connectivity index (χ0) is 13.2. The van der Waals surface area contributed by atoms with Crippen LogP contribution in [0.25, 0.3) is 0 Å². The van der Waals surface area contributed by atoms with Crippen LogP contribution in [0, 0.1) is 0 Å². The highest BCUT2D eigenvalue weighted by Gasteiger charge is 2.01. The molecule has 1 aromatic rings. The van der Waals surface area contributed by atoms with Crippen molar-refractivity contribution in [3.8, 4) is 0 Å². The zero-order valence-electron chi connectivity index (χ0n) is 11.3. The van der Waals surface area contributed by atoms with E-state index in [0.29, 0.717) is 13.1 Å². The highest BCUT2D eigenvalue weighted by Crippen LogP contribution is 2.02. The third-order valence-electron chi connectivity index (χ3n) is 2.63. The normalized spacial score (nSPS) is 10.4. The zero-order valence-corrected chi connectivity index (χ0v) is 11.3. The molecule has 100 valence electrons. The minimum absolute atomic E-state index is 0.0804. The second kappa shape index (κ2) is 8.53. The molecule has 0 atom stereocenters. The summed E-state index contributed by atoms with van der Waals surface area (Å²) in [5, 5.41) is 5.54. The van der Waals surface area contributed by atoms with Crippen molar-refractivity contribution in [2.75, 3.05) is 26.7 Å². The first-order valence-electron chi connectivity index (χ1n) is 6.46. The van der Waals surface area contributed by atoms with E-state index in [4.69, 9.17) is 0 Å². The van der Waals surface area contributed by atoms with Gasteiger partial charge in [0.25, 0.3) is 0 Å². The summed E-state index contributed by atoms with van der Waals surface area (Å²) < 4.78 is 0. The number of rotatable bonds is 7. The van der Waals surface area contributed by atoms with Crippen molar-refractivity contribution in [3.05, 3.63) is 35.9 Å². The Balaban J connectivity index is 2.10. The first-order valence-corrected chi connectivity index (χ1v) is 6.46. The summed E-state index contributed by atoms with van der Waals surface area (Å²) in [6.45, 7) is 5.21. The number of hydrogen-bond acceptors (Lipinski definition) is 2. The Bertz CT molecular complexity index is 340. The summed E-state index contributed by atoms with van der Waals surface area (Å²) in [4.78, 5) is 13.4. The van der Waals surface area contributed by atoms with Gasteiger partial charge in [0.05, 0.1) is 0 Å². The maximum Gasteiger partial charge on any atom is 0.314 e. The molecule has 0 saturated carbocycles. The summed E-state index contributed by atoms with van der Waals surface area (Å²) in [6.07, 6.45) is 0.959. The maximum absolute atomic E-state index is 11.1. The molecule has 2 N–H and O–H groups in total. The van der Waals surface area contributed by atoms with Gasteiger partial charge in [0, 0.05) is 19.6 Å². The molecule has 4 nitrogen and oxygen atoms in total. The summed E-state index contributed by atoms with van der Waals surface area (Å²) in [5.41, 5.74) is 1.32. The maximum atomic E-state index is 11.1. The molecule has 18 heavy (non-hydrogen) atoms. The van der Waals surface area contributed by atoms with Gasteiger partial charge in [-0.05, 0) is 32.5 Å². The van der Waals surface area contributed by atoms with Gasteiger partial charge in [-0.25, -0.2) is 4.79 Å². The molecule has 1 aromatic carbocycles. The molecule has 0 aromatic heterocycles. The SMILES string of the molecule is CCNC(=O)NCCCN(C)Cc1ccccc1. The molecule has 0 radical (unpaired) electrons. The highest BCUT2D eigenvalue weighted by atomic mass is 16.2. The van der Waals surface area contributed by atoms with E-state index < -0.39 is 0 Å². The second-order valence-corrected chi connectivity index (χ2v) is 4.36. The van der Waals surface area contributed by atoms with Gasteiger partial charge in [-0.1, -0.05) is 30.3 Å². The summed E-state index contributed by atoms with van der Waals surface area (Å²) in [5.74, 6) is 0. The van der Waals surface area contributed by atoms with Crippen molar-refractivity contribution in [1.82, 2.24) is 15.5 Å². The standard InChI is InChI=1S/C14H23N3O/c1-3-15-14(18)16-10-7-11-17(2)12-13-8-5-4-6-9-13/h4-6,8-9H,3,7,10-12H2,1-2H3,(H2,15,16,18). The van der Waals surface area contributed by atoms with Crippen LogP contribution in [-0.2, 0) is 6.54 Å². The fourth-order valence-corrected chi connectivity index (χ4v) is 1.75. The lowest BCUT2D eigenvalue weighted by Gasteiger charge is -2.16. The van der Waals surface area contributed by atoms with Crippen LogP contribution in [0.15, 0.2) is 30.3 Å². The molecule has 0 aliphatic carbocycles. The number of urea groups is 1. The van der Waals surface area contributed by atoms with Crippen molar-refractivity contribution in [3.63, 3.8) is 0 Å². The molecule has 0 aliphatic rings. The summed E-state index contributed by atoms with van der Waals surface area (Å²) in [7, 11) is 2.10. The average molecular weight is 249 g/mol. The Morgan fingerprint density at radius 1 is 1.22 bits per heavy atom. The molecule has 1 rings (SSSR count). The molecule has 0 spiro atoms. The first kappa shape index (κ1) is 14.5. The Morgan fingerprint density at radius 3 is 2.61 bits per heavy atom. The highest BCUT2D eigenvalue weighted by molar-refractivity contribution is 5.73. The third kappa shape index (κ3) is 6.25. The van der Waals surface area contributed by atoms with E-state index in [1.54, 1.807) is 0 Å². The predicted molar refractivity (Wildman–Crippen MR) is 74.5 cm³/mol. The number of carbonyl (C=O) groups is 1. The van der Waals surface area contributed by atoms with Crippen LogP contribution in [0.1, 0.15) is 18.9 Å². The second-order valence-electron chi connectivity index (χ2n) is 4.36. The van der Waals surface area contributed by atoms with Gasteiger partial charge in [0.1, 0.15) is 0 Å². The van der Waals surface area contributed by atoms with Gasteiger partial charge >= 0.3 is 6.03 Å². The summed E-state index contributed by atoms with van der Waals surface area (Å²) >= 11 is 0. The van der Waals surface area contributed by atoms with E-state index >= 15 is 0 Å². The number of carbonyl (C=O) groups excluding carboxylic acids is 1. The summed E-state index contributed by atoms with van der Waals surface area (Å²) in [6, 6.07) is 10.3. The molecule has 0 heterocycles. The average Bonchev–Trinajstić information content (AvgIpc) is 2.36. The van der Waals surface area contributed by atoms with E-state index in [1.807, 2.05) is 13.0 Å². The third-order valence-corrected chi connectivity index (χ3v) is 2.63. The van der Waals surface area contributed by atoms with Crippen LogP contribution in [0.5, 0.6) is 0 Å². The molecule has 0 unspecified atom stereocenters. The van der Waals surface area contributed by atoms with Gasteiger partial charge in [-0.15, -0.1) is 0 Å². The fraction of sp³-hybridized carbons (Fsp3) is 0.500. The quantitative estimate of drug-likeness (QED) is 0.724. The van der Waals surface area contributed by atoms with E-state index in [2.05, 4.69) is 46.8 Å². The van der Waals surface area contributed by atoms with E-state index in [1.165, 1.54) is 5.56 Å². The lowest BCUT2D eigenvalue weighted by Crippen LogP contribution is -2.36. The predicted octanol–water partition coefficient (Wildman–Crippen LogP) is 1.83. The van der Waals surface area contributed by atoms with Crippen LogP contribution in [0.2, 0.25) is 0 Å². The van der Waals surface area contributed by atoms with Gasteiger partial charge in [0.15, 0.2) is 0 Å². The molecule has 0 aliphatic heterocycles. The van der Waals surface area contributed by atoms with Gasteiger partial charge < -0.3 is 15.5 Å². The number of hydrogen-bond donors (Lipinski definition) is 2. The Morgan fingerprint density at radius 2 is 1.94 bits per heavy atom. The van der Waals surface area contributed by atoms with E-state index in [9.17, 15) is 4.79 Å². The smallest absolute Gasteiger partial charge is 0.314 e. The van der Waals surface area contributed by atoms with Crippen LogP contribution < -0.4 is 10.6 Å². The van der Waals surface area contributed by atoms with Gasteiger partial charge in [-0.3, -0.25) is 0 Å². The van der Waals surface area contributed by atoms with Gasteiger partial charge in [-0.2, -0.15) is 0 Å². The minimum Gasteiger partial charge on any atom is -0.338 e. The van der Waals surface area contributed by atoms with Crippen molar-refractivity contribution in [2.45, 2.75) is 19.9 Å². The Hall–Kier alpha value is -1.55. The molecular formula is C14H23N3O. The molecule has 0 bridgehead atoms. The van der Waals surface area contributed by atoms with Crippen LogP contribution in [0.3, 0.4) is 0 Å². The molecule has 2 amide bonds. The minimum atomic E-state index is -0.0804. The van der Waals surface area contributed by atoms with Crippen molar-refractivity contribution in [1.29, 1.82) is 0 Å². The van der Waals surface area contributed by atoms with Gasteiger partial charge in [0.2, 0.25) is 0 Å². The number of nitrogens with one attached hydrogen (secondary N) is 2. The number of amides is 2. The molecule has 0 saturated heterocycles. The van der Waals surface area contributed by atoms with E-state index in [0.717, 1.165) is 19.5 Å². The first-order chi connectivity index (χ1) is 8.72. The van der Waals surface area contributed by atoms with Crippen LogP contribution >= 0.6 is 0 Å². The molecular weight excluding hydrogens is 226 g/mol. The van der Waals surface area contributed by atoms with Crippen LogP contribution in [-0.4, -0.2) is 37.6 Å². The molecule has 0 fully saturated rings. The van der Waals surface area contributed by atoms with E-state index in [-0.39, 0.29) is 6.03 Å². The lowest BCUT2D eigenvalue weighted by atomic mass is 10.2. The van der Waals surface area contributed by atoms with Crippen molar-refractivity contribution >= 4 is 6.03 Å².